The van der Waals surface area contributed by atoms with Crippen LogP contribution in [-0.2, 0) is 6.54 Å². The van der Waals surface area contributed by atoms with Crippen LogP contribution >= 0.6 is 0 Å². The number of rotatable bonds is 5. The summed E-state index contributed by atoms with van der Waals surface area (Å²) in [5.74, 6) is 0.892. The van der Waals surface area contributed by atoms with Crippen molar-refractivity contribution in [1.82, 2.24) is 0 Å². The predicted octanol–water partition coefficient (Wildman–Crippen LogP) is 4.02. The molecule has 0 amide bonds. The number of nitrogens with zero attached hydrogens (tertiary/aromatic N) is 2. The molecule has 0 aliphatic heterocycles. The van der Waals surface area contributed by atoms with E-state index in [0.29, 0.717) is 17.7 Å². The molecule has 2 aromatic carbocycles. The maximum Gasteiger partial charge on any atom is 0.159 e. The number of hydrogen-bond donors (Lipinski definition) is 0. The van der Waals surface area contributed by atoms with Gasteiger partial charge in [-0.3, -0.25) is 4.79 Å². The van der Waals surface area contributed by atoms with E-state index in [1.54, 1.807) is 25.3 Å². The van der Waals surface area contributed by atoms with Crippen molar-refractivity contribution in [2.45, 2.75) is 27.3 Å². The fourth-order valence-electron chi connectivity index (χ4n) is 2.97. The van der Waals surface area contributed by atoms with Crippen molar-refractivity contribution in [3.8, 4) is 11.8 Å². The van der Waals surface area contributed by atoms with E-state index in [1.807, 2.05) is 25.8 Å². The monoisotopic (exact) mass is 322 g/mol. The average Bonchev–Trinajstić information content (AvgIpc) is 2.53. The summed E-state index contributed by atoms with van der Waals surface area (Å²) in [5, 5.41) is 9.34. The Hall–Kier alpha value is -2.80. The molecule has 0 atom stereocenters. The third kappa shape index (κ3) is 3.57. The molecule has 0 saturated carbocycles. The van der Waals surface area contributed by atoms with Gasteiger partial charge >= 0.3 is 0 Å². The van der Waals surface area contributed by atoms with Crippen LogP contribution in [0.1, 0.15) is 39.5 Å². The van der Waals surface area contributed by atoms with Gasteiger partial charge in [0.1, 0.15) is 11.8 Å². The van der Waals surface area contributed by atoms with Gasteiger partial charge < -0.3 is 9.64 Å². The van der Waals surface area contributed by atoms with E-state index >= 15 is 0 Å². The lowest BCUT2D eigenvalue weighted by Crippen LogP contribution is -2.18. The number of benzene rings is 2. The highest BCUT2D eigenvalue weighted by molar-refractivity contribution is 5.95. The van der Waals surface area contributed by atoms with Crippen LogP contribution in [0.3, 0.4) is 0 Å². The quantitative estimate of drug-likeness (QED) is 0.780. The van der Waals surface area contributed by atoms with Gasteiger partial charge in [0.05, 0.1) is 18.4 Å². The van der Waals surface area contributed by atoms with Crippen LogP contribution in [0.4, 0.5) is 5.69 Å². The Balaban J connectivity index is 2.36. The largest absolute Gasteiger partial charge is 0.496 e. The zero-order chi connectivity index (χ0) is 17.9. The van der Waals surface area contributed by atoms with Gasteiger partial charge in [0, 0.05) is 19.2 Å². The molecular formula is C20H22N2O2. The van der Waals surface area contributed by atoms with E-state index in [4.69, 9.17) is 4.74 Å². The molecule has 0 spiro atoms. The molecule has 0 aliphatic rings. The van der Waals surface area contributed by atoms with Crippen molar-refractivity contribution in [3.63, 3.8) is 0 Å². The van der Waals surface area contributed by atoms with Gasteiger partial charge in [-0.1, -0.05) is 12.1 Å². The number of nitriles is 1. The highest BCUT2D eigenvalue weighted by atomic mass is 16.5. The second-order valence-corrected chi connectivity index (χ2v) is 6.02. The lowest BCUT2D eigenvalue weighted by molar-refractivity contribution is 0.101. The van der Waals surface area contributed by atoms with Gasteiger partial charge in [-0.15, -0.1) is 0 Å². The topological polar surface area (TPSA) is 53.3 Å². The Morgan fingerprint density at radius 2 is 1.83 bits per heavy atom. The first-order chi connectivity index (χ1) is 11.4. The number of carbonyl (C=O) groups excluding carboxylic acids is 1. The van der Waals surface area contributed by atoms with Crippen molar-refractivity contribution in [2.24, 2.45) is 0 Å². The van der Waals surface area contributed by atoms with E-state index in [1.165, 1.54) is 6.92 Å². The van der Waals surface area contributed by atoms with Crippen LogP contribution in [0.25, 0.3) is 0 Å². The molecule has 2 rings (SSSR count). The highest BCUT2D eigenvalue weighted by Crippen LogP contribution is 2.27. The van der Waals surface area contributed by atoms with E-state index in [2.05, 4.69) is 18.2 Å². The van der Waals surface area contributed by atoms with E-state index in [0.717, 1.165) is 28.1 Å². The second kappa shape index (κ2) is 7.18. The maximum atomic E-state index is 11.6. The summed E-state index contributed by atoms with van der Waals surface area (Å²) in [6.07, 6.45) is 0. The van der Waals surface area contributed by atoms with Crippen LogP contribution in [-0.4, -0.2) is 19.9 Å². The number of aryl methyl sites for hydroxylation is 2. The first kappa shape index (κ1) is 17.6. The Labute approximate surface area is 143 Å². The van der Waals surface area contributed by atoms with Crippen molar-refractivity contribution >= 4 is 11.5 Å². The van der Waals surface area contributed by atoms with Gasteiger partial charge in [-0.25, -0.2) is 0 Å². The van der Waals surface area contributed by atoms with Crippen LogP contribution in [0, 0.1) is 25.2 Å². The smallest absolute Gasteiger partial charge is 0.159 e. The Bertz CT molecular complexity index is 796. The number of Topliss-reactive ketones (excluding diaryl/α,β-unsaturated/α-hetero) is 1. The molecule has 4 heteroatoms. The second-order valence-electron chi connectivity index (χ2n) is 6.02. The molecular weight excluding hydrogens is 300 g/mol. The van der Waals surface area contributed by atoms with Crippen molar-refractivity contribution in [3.05, 3.63) is 58.1 Å². The van der Waals surface area contributed by atoms with Crippen molar-refractivity contribution in [2.75, 3.05) is 19.1 Å². The SMILES string of the molecule is COc1c(C)cc(CN(C)c2cc(C(C)=O)ccc2C#N)cc1C. The van der Waals surface area contributed by atoms with E-state index in [9.17, 15) is 10.1 Å². The van der Waals surface area contributed by atoms with Gasteiger partial charge in [0.15, 0.2) is 5.78 Å². The van der Waals surface area contributed by atoms with Crippen molar-refractivity contribution in [1.29, 1.82) is 5.26 Å². The summed E-state index contributed by atoms with van der Waals surface area (Å²) in [6, 6.07) is 11.5. The molecule has 0 unspecified atom stereocenters. The molecule has 0 aliphatic carbocycles. The first-order valence-corrected chi connectivity index (χ1v) is 7.77. The summed E-state index contributed by atoms with van der Waals surface area (Å²) in [6.45, 7) is 6.21. The summed E-state index contributed by atoms with van der Waals surface area (Å²) >= 11 is 0. The van der Waals surface area contributed by atoms with Gasteiger partial charge in [-0.05, 0) is 55.7 Å². The summed E-state index contributed by atoms with van der Waals surface area (Å²) in [7, 11) is 3.60. The van der Waals surface area contributed by atoms with Gasteiger partial charge in [0.25, 0.3) is 0 Å². The molecule has 0 fully saturated rings. The lowest BCUT2D eigenvalue weighted by atomic mass is 10.0. The zero-order valence-corrected chi connectivity index (χ0v) is 14.8. The van der Waals surface area contributed by atoms with Crippen molar-refractivity contribution < 1.29 is 9.53 Å². The number of ether oxygens (including phenoxy) is 1. The van der Waals surface area contributed by atoms with E-state index in [-0.39, 0.29) is 5.78 Å². The summed E-state index contributed by atoms with van der Waals surface area (Å²) in [4.78, 5) is 13.6. The average molecular weight is 322 g/mol. The third-order valence-electron chi connectivity index (χ3n) is 4.08. The minimum Gasteiger partial charge on any atom is -0.496 e. The normalized spacial score (nSPS) is 10.2. The van der Waals surface area contributed by atoms with E-state index < -0.39 is 0 Å². The Kier molecular flexibility index (Phi) is 5.25. The number of methoxy groups -OCH3 is 1. The molecule has 0 aromatic heterocycles. The highest BCUT2D eigenvalue weighted by Gasteiger charge is 2.12. The minimum atomic E-state index is -0.00900. The molecule has 24 heavy (non-hydrogen) atoms. The summed E-state index contributed by atoms with van der Waals surface area (Å²) in [5.41, 5.74) is 5.22. The van der Waals surface area contributed by atoms with Crippen LogP contribution in [0.2, 0.25) is 0 Å². The predicted molar refractivity (Wildman–Crippen MR) is 95.7 cm³/mol. The molecule has 0 radical (unpaired) electrons. The van der Waals surface area contributed by atoms with Crippen LogP contribution in [0.5, 0.6) is 5.75 Å². The molecule has 124 valence electrons. The lowest BCUT2D eigenvalue weighted by Gasteiger charge is -2.22. The first-order valence-electron chi connectivity index (χ1n) is 7.77. The number of ketones is 1. The summed E-state index contributed by atoms with van der Waals surface area (Å²) < 4.78 is 5.40. The van der Waals surface area contributed by atoms with Gasteiger partial charge in [0.2, 0.25) is 0 Å². The molecule has 0 saturated heterocycles. The molecule has 2 aromatic rings. The van der Waals surface area contributed by atoms with Crippen LogP contribution in [0.15, 0.2) is 30.3 Å². The zero-order valence-electron chi connectivity index (χ0n) is 14.8. The maximum absolute atomic E-state index is 11.6. The van der Waals surface area contributed by atoms with Gasteiger partial charge in [-0.2, -0.15) is 5.26 Å². The minimum absolute atomic E-state index is 0.00900. The Morgan fingerprint density at radius 1 is 1.21 bits per heavy atom. The third-order valence-corrected chi connectivity index (χ3v) is 4.08. The fourth-order valence-corrected chi connectivity index (χ4v) is 2.97. The Morgan fingerprint density at radius 3 is 2.33 bits per heavy atom. The molecule has 0 bridgehead atoms. The number of carbonyl (C=O) groups is 1. The van der Waals surface area contributed by atoms with Crippen LogP contribution < -0.4 is 9.64 Å². The molecule has 0 N–H and O–H groups in total. The fraction of sp³-hybridized carbons (Fsp3) is 0.300. The number of anilines is 1. The molecule has 0 heterocycles. The molecule has 4 nitrogen and oxygen atoms in total. The number of hydrogen-bond acceptors (Lipinski definition) is 4. The standard InChI is InChI=1S/C20H22N2O2/c1-13-8-16(9-14(2)20(13)24-5)12-22(4)19-10-17(15(3)23)6-7-18(19)11-21/h6-10H,12H2,1-5H3.